The van der Waals surface area contributed by atoms with Crippen molar-refractivity contribution in [1.82, 2.24) is 19.7 Å². The summed E-state index contributed by atoms with van der Waals surface area (Å²) >= 11 is 0. The van der Waals surface area contributed by atoms with Crippen molar-refractivity contribution < 1.29 is 23.8 Å². The molecule has 10 heteroatoms. The zero-order valence-electron chi connectivity index (χ0n) is 18.2. The Hall–Kier alpha value is -3.40. The van der Waals surface area contributed by atoms with Gasteiger partial charge in [0.25, 0.3) is 5.91 Å². The molecular formula is C22H27N5O5. The monoisotopic (exact) mass is 441 g/mol. The lowest BCUT2D eigenvalue weighted by molar-refractivity contribution is -0.139. The van der Waals surface area contributed by atoms with Crippen molar-refractivity contribution in [2.75, 3.05) is 44.8 Å². The van der Waals surface area contributed by atoms with E-state index in [1.165, 1.54) is 6.33 Å². The number of esters is 1. The van der Waals surface area contributed by atoms with E-state index in [1.807, 2.05) is 26.0 Å². The van der Waals surface area contributed by atoms with Gasteiger partial charge in [-0.1, -0.05) is 19.1 Å². The molecule has 2 aromatic rings. The van der Waals surface area contributed by atoms with Crippen LogP contribution in [0.15, 0.2) is 41.9 Å². The van der Waals surface area contributed by atoms with E-state index in [0.717, 1.165) is 12.0 Å². The molecule has 1 aromatic carbocycles. The van der Waals surface area contributed by atoms with Crippen LogP contribution in [0, 0.1) is 0 Å². The summed E-state index contributed by atoms with van der Waals surface area (Å²) in [5.74, 6) is 0.664. The van der Waals surface area contributed by atoms with E-state index in [4.69, 9.17) is 14.2 Å². The lowest BCUT2D eigenvalue weighted by Gasteiger charge is -2.28. The fourth-order valence-corrected chi connectivity index (χ4v) is 3.73. The van der Waals surface area contributed by atoms with Crippen LogP contribution in [-0.2, 0) is 19.1 Å². The number of amides is 1. The first-order valence-electron chi connectivity index (χ1n) is 10.7. The van der Waals surface area contributed by atoms with Crippen molar-refractivity contribution in [2.24, 2.45) is 0 Å². The topological polar surface area (TPSA) is 108 Å². The Kier molecular flexibility index (Phi) is 6.69. The highest BCUT2D eigenvalue weighted by Crippen LogP contribution is 2.35. The maximum absolute atomic E-state index is 12.8. The molecule has 3 heterocycles. The van der Waals surface area contributed by atoms with Crippen LogP contribution in [0.1, 0.15) is 31.9 Å². The first kappa shape index (κ1) is 21.8. The molecule has 4 rings (SSSR count). The molecule has 32 heavy (non-hydrogen) atoms. The molecular weight excluding hydrogens is 414 g/mol. The fraction of sp³-hybridized carbons (Fsp3) is 0.455. The molecule has 0 spiro atoms. The van der Waals surface area contributed by atoms with Gasteiger partial charge in [-0.2, -0.15) is 10.1 Å². The van der Waals surface area contributed by atoms with E-state index < -0.39 is 6.04 Å². The van der Waals surface area contributed by atoms with Gasteiger partial charge < -0.3 is 24.4 Å². The zero-order chi connectivity index (χ0) is 22.5. The van der Waals surface area contributed by atoms with Crippen LogP contribution in [0.25, 0.3) is 0 Å². The van der Waals surface area contributed by atoms with Gasteiger partial charge >= 0.3 is 5.97 Å². The fourth-order valence-electron chi connectivity index (χ4n) is 3.73. The highest BCUT2D eigenvalue weighted by Gasteiger charge is 2.34. The minimum absolute atomic E-state index is 0.0342. The summed E-state index contributed by atoms with van der Waals surface area (Å²) in [5.41, 5.74) is 1.98. The second kappa shape index (κ2) is 9.82. The van der Waals surface area contributed by atoms with Crippen LogP contribution in [-0.4, -0.2) is 71.1 Å². The number of ether oxygens (including phenoxy) is 3. The number of benzene rings is 1. The number of nitrogens with zero attached hydrogens (tertiary/aromatic N) is 4. The molecule has 0 bridgehead atoms. The number of hydrogen-bond acceptors (Lipinski definition) is 8. The summed E-state index contributed by atoms with van der Waals surface area (Å²) < 4.78 is 18.0. The number of fused-ring (bicyclic) bond motifs is 1. The van der Waals surface area contributed by atoms with Gasteiger partial charge in [-0.15, -0.1) is 0 Å². The zero-order valence-corrected chi connectivity index (χ0v) is 18.2. The van der Waals surface area contributed by atoms with E-state index >= 15 is 0 Å². The Bertz CT molecular complexity index is 994. The summed E-state index contributed by atoms with van der Waals surface area (Å²) in [4.78, 5) is 31.1. The standard InChI is InChI=1S/C22H27N5O5/c1-3-10-31-21(29)19-15(2)25-22-23-14-24-27(22)20(19)16-4-6-17(7-5-16)32-13-18(28)26-8-11-30-12-9-26/h4-7,14,20H,3,8-13H2,1-2H3,(H,23,24,25). The molecule has 170 valence electrons. The van der Waals surface area contributed by atoms with Crippen LogP contribution >= 0.6 is 0 Å². The molecule has 1 aromatic heterocycles. The molecule has 1 saturated heterocycles. The van der Waals surface area contributed by atoms with Crippen molar-refractivity contribution in [2.45, 2.75) is 26.3 Å². The molecule has 2 aliphatic heterocycles. The van der Waals surface area contributed by atoms with Gasteiger partial charge in [-0.25, -0.2) is 9.48 Å². The van der Waals surface area contributed by atoms with Gasteiger partial charge in [0.1, 0.15) is 18.1 Å². The van der Waals surface area contributed by atoms with E-state index in [-0.39, 0.29) is 18.5 Å². The number of carbonyl (C=O) groups is 2. The summed E-state index contributed by atoms with van der Waals surface area (Å²) in [6, 6.07) is 6.80. The first-order valence-corrected chi connectivity index (χ1v) is 10.7. The number of hydrogen-bond donors (Lipinski definition) is 1. The minimum atomic E-state index is -0.484. The van der Waals surface area contributed by atoms with E-state index in [0.29, 0.717) is 55.9 Å². The number of anilines is 1. The maximum atomic E-state index is 12.8. The highest BCUT2D eigenvalue weighted by molar-refractivity contribution is 5.92. The summed E-state index contributed by atoms with van der Waals surface area (Å²) in [5, 5.41) is 7.42. The average Bonchev–Trinajstić information content (AvgIpc) is 3.29. The Balaban J connectivity index is 1.51. The first-order chi connectivity index (χ1) is 15.6. The van der Waals surface area contributed by atoms with Gasteiger partial charge in [-0.3, -0.25) is 4.79 Å². The molecule has 0 radical (unpaired) electrons. The molecule has 2 aliphatic rings. The van der Waals surface area contributed by atoms with Crippen LogP contribution in [0.3, 0.4) is 0 Å². The van der Waals surface area contributed by atoms with Gasteiger partial charge in [-0.05, 0) is 31.0 Å². The molecule has 1 N–H and O–H groups in total. The molecule has 1 atom stereocenters. The maximum Gasteiger partial charge on any atom is 0.338 e. The van der Waals surface area contributed by atoms with Gasteiger partial charge in [0.15, 0.2) is 6.61 Å². The third-order valence-corrected chi connectivity index (χ3v) is 5.37. The predicted molar refractivity (Wildman–Crippen MR) is 115 cm³/mol. The number of aromatic nitrogens is 3. The Labute approximate surface area is 186 Å². The minimum Gasteiger partial charge on any atom is -0.484 e. The van der Waals surface area contributed by atoms with Crippen LogP contribution in [0.5, 0.6) is 5.75 Å². The number of rotatable bonds is 7. The summed E-state index contributed by atoms with van der Waals surface area (Å²) in [6.45, 7) is 6.35. The van der Waals surface area contributed by atoms with Crippen molar-refractivity contribution in [3.8, 4) is 5.75 Å². The second-order valence-corrected chi connectivity index (χ2v) is 7.58. The van der Waals surface area contributed by atoms with Crippen LogP contribution in [0.2, 0.25) is 0 Å². The quantitative estimate of drug-likeness (QED) is 0.648. The molecule has 1 fully saturated rings. The SMILES string of the molecule is CCCOC(=O)C1=C(C)Nc2ncnn2C1c1ccc(OCC(=O)N2CCOCC2)cc1. The molecule has 0 saturated carbocycles. The second-order valence-electron chi connectivity index (χ2n) is 7.58. The van der Waals surface area contributed by atoms with E-state index in [1.54, 1.807) is 21.7 Å². The summed E-state index contributed by atoms with van der Waals surface area (Å²) in [7, 11) is 0. The number of nitrogens with one attached hydrogen (secondary N) is 1. The van der Waals surface area contributed by atoms with Crippen molar-refractivity contribution in [3.05, 3.63) is 47.4 Å². The molecule has 0 aliphatic carbocycles. The Morgan fingerprint density at radius 2 is 1.97 bits per heavy atom. The van der Waals surface area contributed by atoms with E-state index in [9.17, 15) is 9.59 Å². The Morgan fingerprint density at radius 3 is 2.69 bits per heavy atom. The number of allylic oxidation sites excluding steroid dienone is 1. The highest BCUT2D eigenvalue weighted by atomic mass is 16.5. The summed E-state index contributed by atoms with van der Waals surface area (Å²) in [6.07, 6.45) is 2.18. The molecule has 10 nitrogen and oxygen atoms in total. The molecule has 1 amide bonds. The van der Waals surface area contributed by atoms with Gasteiger partial charge in [0.05, 0.1) is 25.4 Å². The van der Waals surface area contributed by atoms with Crippen molar-refractivity contribution in [1.29, 1.82) is 0 Å². The van der Waals surface area contributed by atoms with Gasteiger partial charge in [0, 0.05) is 18.8 Å². The van der Waals surface area contributed by atoms with Crippen molar-refractivity contribution in [3.63, 3.8) is 0 Å². The predicted octanol–water partition coefficient (Wildman–Crippen LogP) is 1.76. The smallest absolute Gasteiger partial charge is 0.338 e. The van der Waals surface area contributed by atoms with Gasteiger partial charge in [0.2, 0.25) is 5.95 Å². The van der Waals surface area contributed by atoms with Crippen molar-refractivity contribution >= 4 is 17.8 Å². The normalized spacial score (nSPS) is 18.1. The third-order valence-electron chi connectivity index (χ3n) is 5.37. The Morgan fingerprint density at radius 1 is 1.22 bits per heavy atom. The number of carbonyl (C=O) groups excluding carboxylic acids is 2. The number of morpholine rings is 1. The largest absolute Gasteiger partial charge is 0.484 e. The van der Waals surface area contributed by atoms with Crippen LogP contribution < -0.4 is 10.1 Å². The third kappa shape index (κ3) is 4.59. The van der Waals surface area contributed by atoms with Crippen LogP contribution in [0.4, 0.5) is 5.95 Å². The lowest BCUT2D eigenvalue weighted by atomic mass is 9.96. The lowest BCUT2D eigenvalue weighted by Crippen LogP contribution is -2.42. The van der Waals surface area contributed by atoms with E-state index in [2.05, 4.69) is 15.4 Å². The molecule has 1 unspecified atom stereocenters. The average molecular weight is 441 g/mol.